The molecule has 2 aromatic rings. The van der Waals surface area contributed by atoms with Crippen molar-refractivity contribution in [2.45, 2.75) is 26.2 Å². The first-order chi connectivity index (χ1) is 9.19. The Morgan fingerprint density at radius 2 is 2.21 bits per heavy atom. The number of imidazole rings is 1. The molecule has 0 radical (unpaired) electrons. The fraction of sp³-hybridized carbons (Fsp3) is 0.400. The quantitative estimate of drug-likeness (QED) is 0.869. The molecule has 0 saturated heterocycles. The van der Waals surface area contributed by atoms with Crippen LogP contribution in [0.1, 0.15) is 30.8 Å². The predicted octanol–water partition coefficient (Wildman–Crippen LogP) is 2.88. The highest BCUT2D eigenvalue weighted by molar-refractivity contribution is 5.63. The van der Waals surface area contributed by atoms with Gasteiger partial charge in [-0.1, -0.05) is 19.1 Å². The van der Waals surface area contributed by atoms with Crippen LogP contribution in [0, 0.1) is 6.92 Å². The topological polar surface area (TPSA) is 58.1 Å². The summed E-state index contributed by atoms with van der Waals surface area (Å²) in [5.41, 5.74) is 2.95. The van der Waals surface area contributed by atoms with Gasteiger partial charge >= 0.3 is 0 Å². The molecule has 0 aliphatic carbocycles. The van der Waals surface area contributed by atoms with E-state index in [0.717, 1.165) is 34.9 Å². The first-order valence-corrected chi connectivity index (χ1v) is 6.51. The van der Waals surface area contributed by atoms with Gasteiger partial charge < -0.3 is 14.8 Å². The van der Waals surface area contributed by atoms with Crippen molar-refractivity contribution in [1.29, 1.82) is 0 Å². The molecule has 19 heavy (non-hydrogen) atoms. The molecule has 0 spiro atoms. The van der Waals surface area contributed by atoms with E-state index in [1.54, 1.807) is 7.11 Å². The smallest absolute Gasteiger partial charge is 0.119 e. The number of hydrogen-bond donors (Lipinski definition) is 2. The summed E-state index contributed by atoms with van der Waals surface area (Å²) in [6.45, 7) is 4.15. The van der Waals surface area contributed by atoms with Crippen LogP contribution in [-0.4, -0.2) is 28.8 Å². The van der Waals surface area contributed by atoms with E-state index in [1.807, 2.05) is 38.1 Å². The van der Waals surface area contributed by atoms with E-state index in [1.165, 1.54) is 0 Å². The van der Waals surface area contributed by atoms with Crippen molar-refractivity contribution in [3.8, 4) is 17.0 Å². The Labute approximate surface area is 113 Å². The van der Waals surface area contributed by atoms with Crippen LogP contribution >= 0.6 is 0 Å². The number of nitrogens with one attached hydrogen (secondary N) is 1. The van der Waals surface area contributed by atoms with E-state index in [2.05, 4.69) is 9.97 Å². The molecule has 102 valence electrons. The van der Waals surface area contributed by atoms with Crippen LogP contribution in [0.15, 0.2) is 24.3 Å². The van der Waals surface area contributed by atoms with Crippen LogP contribution in [0.5, 0.6) is 5.75 Å². The van der Waals surface area contributed by atoms with Crippen LogP contribution in [-0.2, 0) is 0 Å². The minimum atomic E-state index is 0.0676. The van der Waals surface area contributed by atoms with Gasteiger partial charge in [0, 0.05) is 17.2 Å². The van der Waals surface area contributed by atoms with Crippen molar-refractivity contribution < 1.29 is 9.84 Å². The van der Waals surface area contributed by atoms with Crippen LogP contribution in [0.3, 0.4) is 0 Å². The number of aliphatic hydroxyl groups excluding tert-OH is 1. The average molecular weight is 260 g/mol. The summed E-state index contributed by atoms with van der Waals surface area (Å²) in [6.07, 6.45) is 0.862. The van der Waals surface area contributed by atoms with Gasteiger partial charge in [0.15, 0.2) is 0 Å². The highest BCUT2D eigenvalue weighted by Gasteiger charge is 2.15. The molecule has 1 aromatic heterocycles. The van der Waals surface area contributed by atoms with Crippen molar-refractivity contribution >= 4 is 0 Å². The normalized spacial score (nSPS) is 12.4. The molecule has 1 unspecified atom stereocenters. The molecule has 2 rings (SSSR count). The summed E-state index contributed by atoms with van der Waals surface area (Å²) in [6, 6.07) is 7.84. The van der Waals surface area contributed by atoms with Gasteiger partial charge in [-0.3, -0.25) is 0 Å². The lowest BCUT2D eigenvalue weighted by molar-refractivity contribution is 0.258. The zero-order chi connectivity index (χ0) is 13.8. The number of rotatable bonds is 5. The number of benzene rings is 1. The molecule has 1 aromatic carbocycles. The molecule has 2 N–H and O–H groups in total. The second-order valence-electron chi connectivity index (χ2n) is 4.62. The molecule has 1 heterocycles. The third kappa shape index (κ3) is 2.79. The minimum Gasteiger partial charge on any atom is -0.497 e. The fourth-order valence-electron chi connectivity index (χ4n) is 2.14. The number of hydrogen-bond acceptors (Lipinski definition) is 3. The lowest BCUT2D eigenvalue weighted by Crippen LogP contribution is -2.04. The van der Waals surface area contributed by atoms with Crippen molar-refractivity contribution in [3.63, 3.8) is 0 Å². The molecule has 4 nitrogen and oxygen atoms in total. The molecule has 0 aliphatic heterocycles. The van der Waals surface area contributed by atoms with E-state index in [-0.39, 0.29) is 12.5 Å². The van der Waals surface area contributed by atoms with Gasteiger partial charge in [0.2, 0.25) is 0 Å². The number of nitrogens with zero attached hydrogens (tertiary/aromatic N) is 1. The van der Waals surface area contributed by atoms with Gasteiger partial charge in [0.1, 0.15) is 11.6 Å². The van der Waals surface area contributed by atoms with E-state index < -0.39 is 0 Å². The Balaban J connectivity index is 2.39. The second kappa shape index (κ2) is 5.89. The maximum Gasteiger partial charge on any atom is 0.119 e. The van der Waals surface area contributed by atoms with Crippen LogP contribution in [0.4, 0.5) is 0 Å². The summed E-state index contributed by atoms with van der Waals surface area (Å²) in [5, 5.41) is 9.35. The molecule has 4 heteroatoms. The van der Waals surface area contributed by atoms with Gasteiger partial charge in [0.05, 0.1) is 19.4 Å². The SMILES string of the molecule is CCC(CO)c1nc(-c2cccc(OC)c2)c(C)[nH]1. The number of aryl methyl sites for hydroxylation is 1. The zero-order valence-corrected chi connectivity index (χ0v) is 11.6. The Morgan fingerprint density at radius 3 is 2.84 bits per heavy atom. The summed E-state index contributed by atoms with van der Waals surface area (Å²) in [7, 11) is 1.65. The molecule has 0 fully saturated rings. The number of methoxy groups -OCH3 is 1. The maximum atomic E-state index is 9.35. The highest BCUT2D eigenvalue weighted by Crippen LogP contribution is 2.27. The van der Waals surface area contributed by atoms with Gasteiger partial charge in [-0.15, -0.1) is 0 Å². The van der Waals surface area contributed by atoms with Crippen LogP contribution in [0.2, 0.25) is 0 Å². The van der Waals surface area contributed by atoms with Crippen molar-refractivity contribution in [2.75, 3.05) is 13.7 Å². The Bertz CT molecular complexity index is 545. The molecule has 0 amide bonds. The zero-order valence-electron chi connectivity index (χ0n) is 11.6. The fourth-order valence-corrected chi connectivity index (χ4v) is 2.14. The lowest BCUT2D eigenvalue weighted by atomic mass is 10.1. The number of aromatic amines is 1. The molecular weight excluding hydrogens is 240 g/mol. The van der Waals surface area contributed by atoms with Crippen LogP contribution in [0.25, 0.3) is 11.3 Å². The van der Waals surface area contributed by atoms with Gasteiger partial charge in [0.25, 0.3) is 0 Å². The summed E-state index contributed by atoms with van der Waals surface area (Å²) in [4.78, 5) is 7.90. The first-order valence-electron chi connectivity index (χ1n) is 6.51. The molecular formula is C15H20N2O2. The Morgan fingerprint density at radius 1 is 1.42 bits per heavy atom. The molecule has 0 aliphatic rings. The third-order valence-corrected chi connectivity index (χ3v) is 3.35. The van der Waals surface area contributed by atoms with Gasteiger partial charge in [-0.2, -0.15) is 0 Å². The average Bonchev–Trinajstić information content (AvgIpc) is 2.82. The lowest BCUT2D eigenvalue weighted by Gasteiger charge is -2.06. The molecule has 0 saturated carbocycles. The monoisotopic (exact) mass is 260 g/mol. The highest BCUT2D eigenvalue weighted by atomic mass is 16.5. The summed E-state index contributed by atoms with van der Waals surface area (Å²) >= 11 is 0. The van der Waals surface area contributed by atoms with Gasteiger partial charge in [-0.05, 0) is 25.5 Å². The predicted molar refractivity (Wildman–Crippen MR) is 75.4 cm³/mol. The Kier molecular flexibility index (Phi) is 4.22. The summed E-state index contributed by atoms with van der Waals surface area (Å²) in [5.74, 6) is 1.73. The summed E-state index contributed by atoms with van der Waals surface area (Å²) < 4.78 is 5.23. The number of ether oxygens (including phenoxy) is 1. The van der Waals surface area contributed by atoms with Gasteiger partial charge in [-0.25, -0.2) is 4.98 Å². The van der Waals surface area contributed by atoms with E-state index >= 15 is 0 Å². The van der Waals surface area contributed by atoms with Crippen molar-refractivity contribution in [1.82, 2.24) is 9.97 Å². The number of aromatic nitrogens is 2. The number of H-pyrrole nitrogens is 1. The molecule has 0 bridgehead atoms. The number of aliphatic hydroxyl groups is 1. The maximum absolute atomic E-state index is 9.35. The third-order valence-electron chi connectivity index (χ3n) is 3.35. The first kappa shape index (κ1) is 13.6. The van der Waals surface area contributed by atoms with Crippen LogP contribution < -0.4 is 4.74 Å². The van der Waals surface area contributed by atoms with Crippen molar-refractivity contribution in [2.24, 2.45) is 0 Å². The van der Waals surface area contributed by atoms with E-state index in [0.29, 0.717) is 0 Å². The van der Waals surface area contributed by atoms with E-state index in [9.17, 15) is 5.11 Å². The van der Waals surface area contributed by atoms with Crippen molar-refractivity contribution in [3.05, 3.63) is 35.8 Å². The largest absolute Gasteiger partial charge is 0.497 e. The Hall–Kier alpha value is -1.81. The van der Waals surface area contributed by atoms with E-state index in [4.69, 9.17) is 4.74 Å². The standard InChI is InChI=1S/C15H20N2O2/c1-4-11(9-18)15-16-10(2)14(17-15)12-6-5-7-13(8-12)19-3/h5-8,11,18H,4,9H2,1-3H3,(H,16,17). The second-order valence-corrected chi connectivity index (χ2v) is 4.62. The minimum absolute atomic E-state index is 0.0676. The molecule has 1 atom stereocenters.